The van der Waals surface area contributed by atoms with Crippen LogP contribution < -0.4 is 10.6 Å². The first-order valence-electron chi connectivity index (χ1n) is 9.57. The molecule has 3 heterocycles. The number of aryl methyl sites for hydroxylation is 1. The van der Waals surface area contributed by atoms with Gasteiger partial charge in [0.2, 0.25) is 0 Å². The van der Waals surface area contributed by atoms with E-state index in [4.69, 9.17) is 11.6 Å². The van der Waals surface area contributed by atoms with Crippen LogP contribution in [0.3, 0.4) is 0 Å². The molecule has 1 aromatic carbocycles. The van der Waals surface area contributed by atoms with Gasteiger partial charge in [-0.05, 0) is 36.8 Å². The molecule has 0 atom stereocenters. The highest BCUT2D eigenvalue weighted by atomic mass is 35.5. The van der Waals surface area contributed by atoms with Gasteiger partial charge in [-0.3, -0.25) is 14.3 Å². The van der Waals surface area contributed by atoms with Crippen molar-refractivity contribution >= 4 is 51.5 Å². The molecule has 0 fully saturated rings. The van der Waals surface area contributed by atoms with E-state index in [0.717, 1.165) is 4.88 Å². The third-order valence-corrected chi connectivity index (χ3v) is 6.19. The van der Waals surface area contributed by atoms with Crippen LogP contribution in [0.4, 0.5) is 10.2 Å². The molecule has 0 saturated heterocycles. The number of fused-ring (bicyclic) bond motifs is 1. The summed E-state index contributed by atoms with van der Waals surface area (Å²) in [5.74, 6) is -0.413. The zero-order valence-electron chi connectivity index (χ0n) is 17.1. The summed E-state index contributed by atoms with van der Waals surface area (Å²) < 4.78 is 14.9. The van der Waals surface area contributed by atoms with Crippen molar-refractivity contribution in [2.24, 2.45) is 7.05 Å². The third kappa shape index (κ3) is 4.46. The molecular formula is C21H18ClFN6O2S. The second-order valence-corrected chi connectivity index (χ2v) is 8.57. The lowest BCUT2D eigenvalue weighted by molar-refractivity contribution is 0.0946. The smallest absolute Gasteiger partial charge is 0.272 e. The van der Waals surface area contributed by atoms with Crippen LogP contribution in [0, 0.1) is 5.82 Å². The molecule has 0 aliphatic carbocycles. The topological polar surface area (TPSA) is 102 Å². The number of hydrogen-bond acceptors (Lipinski definition) is 7. The van der Waals surface area contributed by atoms with E-state index in [9.17, 15) is 14.0 Å². The number of carbonyl (C=O) groups excluding carboxylic acids is 2. The van der Waals surface area contributed by atoms with Crippen molar-refractivity contribution in [3.05, 3.63) is 68.5 Å². The summed E-state index contributed by atoms with van der Waals surface area (Å²) in [6.07, 6.45) is 1.30. The molecular weight excluding hydrogens is 455 g/mol. The first kappa shape index (κ1) is 21.8. The minimum absolute atomic E-state index is 0.00955. The number of halogens is 2. The quantitative estimate of drug-likeness (QED) is 0.395. The maximum Gasteiger partial charge on any atom is 0.272 e. The fourth-order valence-corrected chi connectivity index (χ4v) is 4.19. The lowest BCUT2D eigenvalue weighted by atomic mass is 10.2. The molecule has 8 nitrogen and oxygen atoms in total. The average molecular weight is 473 g/mol. The van der Waals surface area contributed by atoms with E-state index >= 15 is 0 Å². The number of nitrogens with zero attached hydrogens (tertiary/aromatic N) is 4. The fourth-order valence-electron chi connectivity index (χ4n) is 3.14. The van der Waals surface area contributed by atoms with Gasteiger partial charge in [0.1, 0.15) is 23.2 Å². The van der Waals surface area contributed by atoms with E-state index in [2.05, 4.69) is 25.7 Å². The van der Waals surface area contributed by atoms with Gasteiger partial charge in [0.05, 0.1) is 16.4 Å². The Morgan fingerprint density at radius 1 is 1.19 bits per heavy atom. The highest BCUT2D eigenvalue weighted by molar-refractivity contribution is 7.14. The number of aromatic nitrogens is 4. The van der Waals surface area contributed by atoms with Gasteiger partial charge in [-0.1, -0.05) is 17.7 Å². The van der Waals surface area contributed by atoms with Crippen LogP contribution in [0.15, 0.2) is 36.7 Å². The second kappa shape index (κ2) is 9.01. The lowest BCUT2D eigenvalue weighted by Crippen LogP contribution is -2.24. The summed E-state index contributed by atoms with van der Waals surface area (Å²) in [5.41, 5.74) is 1.80. The summed E-state index contributed by atoms with van der Waals surface area (Å²) >= 11 is 7.21. The fraction of sp³-hybridized carbons (Fsp3) is 0.190. The maximum atomic E-state index is 13.3. The van der Waals surface area contributed by atoms with Crippen LogP contribution in [0.2, 0.25) is 5.02 Å². The highest BCUT2D eigenvalue weighted by Gasteiger charge is 2.20. The Kier molecular flexibility index (Phi) is 6.15. The number of benzene rings is 1. The number of rotatable bonds is 7. The molecule has 4 rings (SSSR count). The third-order valence-electron chi connectivity index (χ3n) is 4.71. The zero-order valence-corrected chi connectivity index (χ0v) is 18.7. The molecule has 0 spiro atoms. The summed E-state index contributed by atoms with van der Waals surface area (Å²) in [6.45, 7) is 2.15. The van der Waals surface area contributed by atoms with E-state index in [1.165, 1.54) is 41.4 Å². The molecule has 164 valence electrons. The van der Waals surface area contributed by atoms with E-state index in [1.54, 1.807) is 19.2 Å². The van der Waals surface area contributed by atoms with Gasteiger partial charge in [-0.2, -0.15) is 5.10 Å². The van der Waals surface area contributed by atoms with Gasteiger partial charge < -0.3 is 10.6 Å². The Bertz CT molecular complexity index is 1340. The molecule has 0 aliphatic rings. The Morgan fingerprint density at radius 3 is 2.72 bits per heavy atom. The van der Waals surface area contributed by atoms with Crippen LogP contribution in [0.1, 0.15) is 37.5 Å². The normalized spacial score (nSPS) is 11.0. The molecule has 4 aromatic rings. The monoisotopic (exact) mass is 472 g/mol. The predicted molar refractivity (Wildman–Crippen MR) is 121 cm³/mol. The second-order valence-electron chi connectivity index (χ2n) is 7.00. The van der Waals surface area contributed by atoms with Crippen molar-refractivity contribution in [1.29, 1.82) is 0 Å². The summed E-state index contributed by atoms with van der Waals surface area (Å²) in [4.78, 5) is 34.4. The minimum Gasteiger partial charge on any atom is -0.362 e. The molecule has 0 aliphatic heterocycles. The molecule has 11 heteroatoms. The number of nitrogens with one attached hydrogen (secondary N) is 2. The van der Waals surface area contributed by atoms with Crippen LogP contribution in [0.25, 0.3) is 11.0 Å². The molecule has 0 unspecified atom stereocenters. The van der Waals surface area contributed by atoms with Crippen LogP contribution in [-0.4, -0.2) is 31.4 Å². The van der Waals surface area contributed by atoms with Crippen molar-refractivity contribution in [3.8, 4) is 0 Å². The summed E-state index contributed by atoms with van der Waals surface area (Å²) in [5, 5.41) is 10.4. The highest BCUT2D eigenvalue weighted by Crippen LogP contribution is 2.24. The van der Waals surface area contributed by atoms with Crippen LogP contribution in [0.5, 0.6) is 0 Å². The SMILES string of the molecule is CC(=O)c1ccc(CNc2nn(C)c3c(C(=O)NCc4ccc(F)c(Cl)c4)ncnc23)s1. The van der Waals surface area contributed by atoms with E-state index in [1.807, 2.05) is 6.07 Å². The molecule has 0 radical (unpaired) electrons. The molecule has 32 heavy (non-hydrogen) atoms. The predicted octanol–water partition coefficient (Wildman–Crippen LogP) is 3.96. The van der Waals surface area contributed by atoms with Gasteiger partial charge in [-0.25, -0.2) is 14.4 Å². The lowest BCUT2D eigenvalue weighted by Gasteiger charge is -2.07. The van der Waals surface area contributed by atoms with Crippen molar-refractivity contribution in [2.45, 2.75) is 20.0 Å². The number of thiophene rings is 1. The first-order chi connectivity index (χ1) is 15.3. The largest absolute Gasteiger partial charge is 0.362 e. The van der Waals surface area contributed by atoms with Gasteiger partial charge in [0, 0.05) is 18.5 Å². The first-order valence-corrected chi connectivity index (χ1v) is 10.8. The number of hydrogen-bond donors (Lipinski definition) is 2. The minimum atomic E-state index is -0.519. The maximum absolute atomic E-state index is 13.3. The molecule has 2 N–H and O–H groups in total. The molecule has 0 saturated carbocycles. The van der Waals surface area contributed by atoms with Gasteiger partial charge in [-0.15, -0.1) is 11.3 Å². The van der Waals surface area contributed by atoms with E-state index < -0.39 is 11.7 Å². The number of anilines is 1. The summed E-state index contributed by atoms with van der Waals surface area (Å²) in [7, 11) is 1.70. The van der Waals surface area contributed by atoms with Crippen molar-refractivity contribution in [1.82, 2.24) is 25.1 Å². The molecule has 1 amide bonds. The average Bonchev–Trinajstić information content (AvgIpc) is 3.38. The molecule has 3 aromatic heterocycles. The Hall–Kier alpha value is -3.37. The summed E-state index contributed by atoms with van der Waals surface area (Å²) in [6, 6.07) is 7.93. The standard InChI is InChI=1S/C21H18ClFN6O2S/c1-11(30)16-6-4-13(32-16)9-24-20-17-19(29(2)28-20)18(27-10-26-17)21(31)25-8-12-3-5-15(23)14(22)7-12/h3-7,10H,8-9H2,1-2H3,(H,24,28)(H,25,31). The number of Topliss-reactive ketones (excluding diaryl/α,β-unsaturated/α-hetero) is 1. The van der Waals surface area contributed by atoms with Crippen molar-refractivity contribution < 1.29 is 14.0 Å². The Morgan fingerprint density at radius 2 is 2.00 bits per heavy atom. The van der Waals surface area contributed by atoms with E-state index in [0.29, 0.717) is 33.8 Å². The van der Waals surface area contributed by atoms with Gasteiger partial charge >= 0.3 is 0 Å². The Balaban J connectivity index is 1.52. The molecule has 0 bridgehead atoms. The Labute approximate surface area is 191 Å². The van der Waals surface area contributed by atoms with Gasteiger partial charge in [0.25, 0.3) is 5.91 Å². The van der Waals surface area contributed by atoms with Crippen LogP contribution in [-0.2, 0) is 20.1 Å². The number of ketones is 1. The van der Waals surface area contributed by atoms with Crippen LogP contribution >= 0.6 is 22.9 Å². The van der Waals surface area contributed by atoms with Gasteiger partial charge in [0.15, 0.2) is 17.3 Å². The van der Waals surface area contributed by atoms with Crippen molar-refractivity contribution in [2.75, 3.05) is 5.32 Å². The number of amides is 1. The zero-order chi connectivity index (χ0) is 22.8. The van der Waals surface area contributed by atoms with Crippen molar-refractivity contribution in [3.63, 3.8) is 0 Å². The van der Waals surface area contributed by atoms with E-state index in [-0.39, 0.29) is 23.0 Å². The number of carbonyl (C=O) groups is 2.